The molecule has 0 radical (unpaired) electrons. The molecule has 6 N–H and O–H groups in total. The van der Waals surface area contributed by atoms with E-state index >= 15 is 0 Å². The maximum atomic E-state index is 11.1. The summed E-state index contributed by atoms with van der Waals surface area (Å²) in [5.41, 5.74) is 0.470. The summed E-state index contributed by atoms with van der Waals surface area (Å²) in [6.45, 7) is 9.79. The number of rotatable bonds is 5. The maximum absolute atomic E-state index is 11.1. The molecule has 4 aliphatic heterocycles. The van der Waals surface area contributed by atoms with Gasteiger partial charge in [0.15, 0.2) is 18.4 Å². The molecule has 0 unspecified atom stereocenters. The van der Waals surface area contributed by atoms with Crippen molar-refractivity contribution < 1.29 is 59.1 Å². The molecule has 50 heavy (non-hydrogen) atoms. The molecule has 286 valence electrons. The minimum Gasteiger partial charge on any atom is -0.394 e. The third-order valence-electron chi connectivity index (χ3n) is 15.8. The summed E-state index contributed by atoms with van der Waals surface area (Å²) in [5, 5.41) is 62.2. The first-order valence-corrected chi connectivity index (χ1v) is 19.7. The third kappa shape index (κ3) is 5.68. The average Bonchev–Trinajstić information content (AvgIpc) is 3.54. The summed E-state index contributed by atoms with van der Waals surface area (Å²) in [4.78, 5) is 0. The number of aliphatic hydroxyl groups is 6. The normalized spacial score (nSPS) is 59.4. The molecule has 1 spiro atoms. The molecule has 12 nitrogen and oxygen atoms in total. The molecule has 4 heterocycles. The van der Waals surface area contributed by atoms with Gasteiger partial charge in [-0.2, -0.15) is 0 Å². The molecule has 0 aromatic rings. The highest BCUT2D eigenvalue weighted by molar-refractivity contribution is 5.15. The highest BCUT2D eigenvalue weighted by atomic mass is 16.8. The van der Waals surface area contributed by atoms with Crippen LogP contribution in [-0.2, 0) is 28.4 Å². The zero-order valence-corrected chi connectivity index (χ0v) is 30.2. The van der Waals surface area contributed by atoms with Crippen LogP contribution in [0.1, 0.15) is 91.9 Å². The summed E-state index contributed by atoms with van der Waals surface area (Å²) in [5.74, 6) is 3.65. The lowest BCUT2D eigenvalue weighted by Crippen LogP contribution is -2.63. The Morgan fingerprint density at radius 2 is 1.52 bits per heavy atom. The van der Waals surface area contributed by atoms with Crippen molar-refractivity contribution in [2.24, 2.45) is 52.3 Å². The Labute approximate surface area is 296 Å². The molecule has 8 rings (SSSR count). The first-order valence-electron chi connectivity index (χ1n) is 19.7. The number of hydrogen-bond acceptors (Lipinski definition) is 12. The highest BCUT2D eigenvalue weighted by Gasteiger charge is 2.69. The van der Waals surface area contributed by atoms with Crippen LogP contribution in [0, 0.1) is 52.3 Å². The number of aliphatic hydroxyl groups excluding tert-OH is 6. The van der Waals surface area contributed by atoms with Gasteiger partial charge in [-0.05, 0) is 104 Å². The van der Waals surface area contributed by atoms with Gasteiger partial charge in [-0.15, -0.1) is 0 Å². The van der Waals surface area contributed by atoms with Crippen molar-refractivity contribution in [1.29, 1.82) is 0 Å². The standard InChI is InChI=1S/C38H62O12/c1-18-7-12-38(46-16-18)19(2)28-26(50-38)14-24-22-6-5-20-13-21(8-10-36(20,3)23(22)9-11-37(24,28)4)47-35-33(31(43)30(42)27(15-39)48-35)49-34-32(44)29(41)25(40)17-45-34/h18-35,39-44H,5-17H2,1-4H3/t18-,19-,20+,21-,22+,23-,24-,25+,26-,27-,28-,29-,30-,31-,32-,33-,34-,35+,36-,37-,38+/m0/s1. The van der Waals surface area contributed by atoms with E-state index in [-0.39, 0.29) is 35.4 Å². The van der Waals surface area contributed by atoms with E-state index in [1.807, 2.05) is 0 Å². The Kier molecular flexibility index (Phi) is 9.76. The van der Waals surface area contributed by atoms with Crippen LogP contribution in [-0.4, -0.2) is 124 Å². The summed E-state index contributed by atoms with van der Waals surface area (Å²) in [6, 6.07) is 0. The second-order valence-electron chi connectivity index (χ2n) is 18.3. The van der Waals surface area contributed by atoms with Crippen molar-refractivity contribution in [3.8, 4) is 0 Å². The van der Waals surface area contributed by atoms with E-state index in [1.165, 1.54) is 25.7 Å². The molecule has 0 aromatic heterocycles. The van der Waals surface area contributed by atoms with E-state index in [4.69, 9.17) is 28.4 Å². The zero-order chi connectivity index (χ0) is 35.3. The smallest absolute Gasteiger partial charge is 0.187 e. The van der Waals surface area contributed by atoms with E-state index in [2.05, 4.69) is 27.7 Å². The molecular formula is C38H62O12. The average molecular weight is 711 g/mol. The highest BCUT2D eigenvalue weighted by Crippen LogP contribution is 2.71. The lowest BCUT2D eigenvalue weighted by Gasteiger charge is -2.61. The Morgan fingerprint density at radius 3 is 2.26 bits per heavy atom. The molecule has 0 aromatic carbocycles. The van der Waals surface area contributed by atoms with Gasteiger partial charge in [0.25, 0.3) is 0 Å². The van der Waals surface area contributed by atoms with Gasteiger partial charge in [0.1, 0.15) is 42.7 Å². The van der Waals surface area contributed by atoms with Crippen molar-refractivity contribution in [2.75, 3.05) is 19.8 Å². The van der Waals surface area contributed by atoms with Gasteiger partial charge in [-0.25, -0.2) is 0 Å². The van der Waals surface area contributed by atoms with Gasteiger partial charge in [0.2, 0.25) is 0 Å². The fourth-order valence-corrected chi connectivity index (χ4v) is 12.9. The van der Waals surface area contributed by atoms with Crippen molar-refractivity contribution in [2.45, 2.75) is 165 Å². The first-order chi connectivity index (χ1) is 23.8. The zero-order valence-electron chi connectivity index (χ0n) is 30.2. The minimum absolute atomic E-state index is 0.185. The minimum atomic E-state index is -1.58. The molecular weight excluding hydrogens is 648 g/mol. The summed E-state index contributed by atoms with van der Waals surface area (Å²) < 4.78 is 37.4. The van der Waals surface area contributed by atoms with Gasteiger partial charge in [-0.3, -0.25) is 0 Å². The van der Waals surface area contributed by atoms with Crippen molar-refractivity contribution in [3.05, 3.63) is 0 Å². The molecule has 12 heteroatoms. The Balaban J connectivity index is 0.939. The predicted octanol–water partition coefficient (Wildman–Crippen LogP) is 2.08. The van der Waals surface area contributed by atoms with E-state index < -0.39 is 61.9 Å². The SMILES string of the molecule is C[C@H]1CC[C@@]2(OC1)O[C@H]1C[C@H]3[C@@H]4CC[C@@H]5C[C@@H](O[C@@H]6O[C@@H](CO)[C@H](O)[C@H](O)[C@@H]6O[C@@H]6OC[C@@H](O)[C@H](O)[C@@H]6O)CC[C@]5(C)[C@H]4CC[C@]3(C)[C@H]1[C@@H]2C. The van der Waals surface area contributed by atoms with Gasteiger partial charge in [-0.1, -0.05) is 27.7 Å². The Bertz CT molecular complexity index is 1210. The topological polar surface area (TPSA) is 177 Å². The van der Waals surface area contributed by atoms with Crippen LogP contribution < -0.4 is 0 Å². The van der Waals surface area contributed by atoms with Crippen LogP contribution in [0.2, 0.25) is 0 Å². The van der Waals surface area contributed by atoms with Gasteiger partial charge < -0.3 is 59.1 Å². The second-order valence-corrected chi connectivity index (χ2v) is 18.3. The van der Waals surface area contributed by atoms with Crippen LogP contribution in [0.3, 0.4) is 0 Å². The fourth-order valence-electron chi connectivity index (χ4n) is 12.9. The van der Waals surface area contributed by atoms with E-state index in [0.717, 1.165) is 45.1 Å². The van der Waals surface area contributed by atoms with Crippen LogP contribution in [0.25, 0.3) is 0 Å². The summed E-state index contributed by atoms with van der Waals surface area (Å²) in [6.07, 6.45) is -1.27. The largest absolute Gasteiger partial charge is 0.394 e. The van der Waals surface area contributed by atoms with Crippen molar-refractivity contribution >= 4 is 0 Å². The van der Waals surface area contributed by atoms with Gasteiger partial charge >= 0.3 is 0 Å². The quantitative estimate of drug-likeness (QED) is 0.230. The Morgan fingerprint density at radius 1 is 0.740 bits per heavy atom. The first kappa shape index (κ1) is 36.5. The molecule has 8 fully saturated rings. The summed E-state index contributed by atoms with van der Waals surface area (Å²) in [7, 11) is 0. The summed E-state index contributed by atoms with van der Waals surface area (Å²) >= 11 is 0. The van der Waals surface area contributed by atoms with Crippen LogP contribution >= 0.6 is 0 Å². The molecule has 0 bridgehead atoms. The third-order valence-corrected chi connectivity index (χ3v) is 15.8. The molecule has 4 saturated heterocycles. The van der Waals surface area contributed by atoms with Crippen LogP contribution in [0.15, 0.2) is 0 Å². The molecule has 4 saturated carbocycles. The van der Waals surface area contributed by atoms with Gasteiger partial charge in [0, 0.05) is 12.3 Å². The lowest BCUT2D eigenvalue weighted by atomic mass is 9.44. The molecule has 21 atom stereocenters. The maximum Gasteiger partial charge on any atom is 0.187 e. The number of hydrogen-bond donors (Lipinski definition) is 6. The van der Waals surface area contributed by atoms with Crippen molar-refractivity contribution in [1.82, 2.24) is 0 Å². The van der Waals surface area contributed by atoms with Crippen LogP contribution in [0.4, 0.5) is 0 Å². The van der Waals surface area contributed by atoms with E-state index in [0.29, 0.717) is 41.4 Å². The van der Waals surface area contributed by atoms with E-state index in [1.54, 1.807) is 0 Å². The van der Waals surface area contributed by atoms with E-state index in [9.17, 15) is 30.6 Å². The molecule has 0 amide bonds. The molecule has 4 aliphatic carbocycles. The number of fused-ring (bicyclic) bond motifs is 7. The Hall–Kier alpha value is -0.480. The van der Waals surface area contributed by atoms with Gasteiger partial charge in [0.05, 0.1) is 32.0 Å². The number of ether oxygens (including phenoxy) is 6. The van der Waals surface area contributed by atoms with Crippen molar-refractivity contribution in [3.63, 3.8) is 0 Å². The molecule has 8 aliphatic rings. The predicted molar refractivity (Wildman–Crippen MR) is 177 cm³/mol. The monoisotopic (exact) mass is 710 g/mol. The second kappa shape index (κ2) is 13.4. The lowest BCUT2D eigenvalue weighted by molar-refractivity contribution is -0.364. The fraction of sp³-hybridized carbons (Fsp3) is 1.00. The van der Waals surface area contributed by atoms with Crippen LogP contribution in [0.5, 0.6) is 0 Å².